The van der Waals surface area contributed by atoms with E-state index >= 15 is 0 Å². The zero-order chi connectivity index (χ0) is 50.0. The van der Waals surface area contributed by atoms with Crippen molar-refractivity contribution < 1.29 is 20.1 Å². The Balaban J connectivity index is 3.53. The van der Waals surface area contributed by atoms with Gasteiger partial charge in [0.25, 0.3) is 0 Å². The Morgan fingerprint density at radius 3 is 0.884 bits per heavy atom. The molecule has 0 fully saturated rings. The fourth-order valence-corrected chi connectivity index (χ4v) is 9.88. The number of carbonyl (C=O) groups excluding carboxylic acids is 1. The summed E-state index contributed by atoms with van der Waals surface area (Å²) in [5.41, 5.74) is 0. The molecule has 0 aliphatic carbocycles. The lowest BCUT2D eigenvalue weighted by atomic mass is 10.0. The Kier molecular flexibility index (Phi) is 57.9. The highest BCUT2D eigenvalue weighted by molar-refractivity contribution is 5.76. The molecule has 0 spiro atoms. The second-order valence-electron chi connectivity index (χ2n) is 21.6. The van der Waals surface area contributed by atoms with Gasteiger partial charge in [0.2, 0.25) is 5.91 Å². The molecule has 0 aromatic rings. The quantitative estimate of drug-likeness (QED) is 0.0361. The minimum absolute atomic E-state index is 0.153. The summed E-state index contributed by atoms with van der Waals surface area (Å²) in [6, 6.07) is -0.833. The summed E-state index contributed by atoms with van der Waals surface area (Å²) in [4.78, 5) is 12.5. The SMILES string of the molecule is CCCCCCCCCCCCCC/C=C\CCCCCCCCCCCCCCCCCCCC(=O)NC(CO)C(O)C(O)CCC/C=C/CC/C=C/CCCCCCCCCCCCCCC. The standard InChI is InChI=1S/C64H123NO4/c1-3-5-7-9-11-13-15-17-19-21-23-25-27-28-29-30-31-32-33-34-35-36-37-39-41-43-45-47-49-51-53-55-57-59-63(68)65-61(60-66)64(69)62(67)58-56-54-52-50-48-46-44-42-40-38-26-24-22-20-18-16-14-12-10-8-6-4-2/h28-29,42,44,50,52,61-62,64,66-67,69H,3-27,30-41,43,45-49,51,53-60H2,1-2H3,(H,65,68)/b29-28-,44-42+,52-50+. The number of aliphatic hydroxyl groups is 3. The lowest BCUT2D eigenvalue weighted by molar-refractivity contribution is -0.124. The third-order valence-electron chi connectivity index (χ3n) is 14.7. The molecule has 408 valence electrons. The molecule has 0 aromatic heterocycles. The number of amides is 1. The first-order valence-electron chi connectivity index (χ1n) is 31.3. The molecule has 0 aliphatic heterocycles. The van der Waals surface area contributed by atoms with E-state index in [4.69, 9.17) is 0 Å². The van der Waals surface area contributed by atoms with Crippen molar-refractivity contribution in [2.24, 2.45) is 0 Å². The van der Waals surface area contributed by atoms with Crippen molar-refractivity contribution in [1.82, 2.24) is 5.32 Å². The number of hydrogen-bond acceptors (Lipinski definition) is 4. The van der Waals surface area contributed by atoms with Gasteiger partial charge in [-0.15, -0.1) is 0 Å². The smallest absolute Gasteiger partial charge is 0.220 e. The molecule has 0 aliphatic rings. The molecular weight excluding hydrogens is 847 g/mol. The molecule has 5 nitrogen and oxygen atoms in total. The molecule has 4 N–H and O–H groups in total. The van der Waals surface area contributed by atoms with Crippen molar-refractivity contribution in [3.8, 4) is 0 Å². The van der Waals surface area contributed by atoms with E-state index in [-0.39, 0.29) is 12.5 Å². The number of nitrogens with one attached hydrogen (secondary N) is 1. The molecule has 3 unspecified atom stereocenters. The van der Waals surface area contributed by atoms with Crippen molar-refractivity contribution in [3.05, 3.63) is 36.5 Å². The second kappa shape index (κ2) is 59.1. The van der Waals surface area contributed by atoms with E-state index in [0.717, 1.165) is 44.9 Å². The van der Waals surface area contributed by atoms with Gasteiger partial charge in [-0.1, -0.05) is 294 Å². The molecule has 0 radical (unpaired) electrons. The Bertz CT molecular complexity index is 1070. The Morgan fingerprint density at radius 1 is 0.348 bits per heavy atom. The summed E-state index contributed by atoms with van der Waals surface area (Å²) in [7, 11) is 0. The highest BCUT2D eigenvalue weighted by atomic mass is 16.3. The molecule has 0 saturated carbocycles. The van der Waals surface area contributed by atoms with Crippen LogP contribution in [0.2, 0.25) is 0 Å². The maximum absolute atomic E-state index is 12.5. The number of unbranched alkanes of at least 4 members (excludes halogenated alkanes) is 44. The molecule has 0 bridgehead atoms. The van der Waals surface area contributed by atoms with Gasteiger partial charge in [0.1, 0.15) is 6.10 Å². The predicted molar refractivity (Wildman–Crippen MR) is 305 cm³/mol. The fraction of sp³-hybridized carbons (Fsp3) is 0.891. The average molecular weight is 971 g/mol. The third-order valence-corrected chi connectivity index (χ3v) is 14.7. The van der Waals surface area contributed by atoms with Crippen LogP contribution in [-0.4, -0.2) is 46.1 Å². The molecular formula is C64H123NO4. The Labute approximate surface area is 432 Å². The highest BCUT2D eigenvalue weighted by Gasteiger charge is 2.26. The first-order valence-corrected chi connectivity index (χ1v) is 31.3. The zero-order valence-corrected chi connectivity index (χ0v) is 46.7. The first kappa shape index (κ1) is 67.6. The molecule has 69 heavy (non-hydrogen) atoms. The lowest BCUT2D eigenvalue weighted by Gasteiger charge is -2.26. The van der Waals surface area contributed by atoms with Crippen molar-refractivity contribution in [2.45, 2.75) is 360 Å². The van der Waals surface area contributed by atoms with Crippen LogP contribution in [0.5, 0.6) is 0 Å². The third kappa shape index (κ3) is 54.2. The summed E-state index contributed by atoms with van der Waals surface area (Å²) in [6.07, 6.45) is 77.6. The number of allylic oxidation sites excluding steroid dienone is 6. The van der Waals surface area contributed by atoms with Gasteiger partial charge in [0, 0.05) is 6.42 Å². The molecule has 0 rings (SSSR count). The summed E-state index contributed by atoms with van der Waals surface area (Å²) in [6.45, 7) is 4.20. The second-order valence-corrected chi connectivity index (χ2v) is 21.6. The van der Waals surface area contributed by atoms with Gasteiger partial charge in [-0.05, 0) is 77.0 Å². The molecule has 3 atom stereocenters. The summed E-state index contributed by atoms with van der Waals surface area (Å²) in [5, 5.41) is 33.8. The highest BCUT2D eigenvalue weighted by Crippen LogP contribution is 2.18. The fourth-order valence-electron chi connectivity index (χ4n) is 9.88. The minimum Gasteiger partial charge on any atom is -0.394 e. The van der Waals surface area contributed by atoms with E-state index in [1.807, 2.05) is 0 Å². The van der Waals surface area contributed by atoms with Gasteiger partial charge in [-0.2, -0.15) is 0 Å². The van der Waals surface area contributed by atoms with Crippen LogP contribution >= 0.6 is 0 Å². The van der Waals surface area contributed by atoms with Crippen LogP contribution in [0.15, 0.2) is 36.5 Å². The summed E-state index contributed by atoms with van der Waals surface area (Å²) in [5.74, 6) is -0.153. The molecule has 0 heterocycles. The summed E-state index contributed by atoms with van der Waals surface area (Å²) < 4.78 is 0. The summed E-state index contributed by atoms with van der Waals surface area (Å²) >= 11 is 0. The van der Waals surface area contributed by atoms with Gasteiger partial charge >= 0.3 is 0 Å². The Morgan fingerprint density at radius 2 is 0.594 bits per heavy atom. The average Bonchev–Trinajstić information content (AvgIpc) is 3.35. The van der Waals surface area contributed by atoms with Gasteiger partial charge in [-0.3, -0.25) is 4.79 Å². The van der Waals surface area contributed by atoms with E-state index < -0.39 is 18.2 Å². The number of hydrogen-bond donors (Lipinski definition) is 4. The van der Waals surface area contributed by atoms with E-state index in [9.17, 15) is 20.1 Å². The topological polar surface area (TPSA) is 89.8 Å². The van der Waals surface area contributed by atoms with Crippen molar-refractivity contribution >= 4 is 5.91 Å². The molecule has 1 amide bonds. The van der Waals surface area contributed by atoms with Gasteiger partial charge in [0.05, 0.1) is 18.8 Å². The zero-order valence-electron chi connectivity index (χ0n) is 46.7. The van der Waals surface area contributed by atoms with Crippen LogP contribution in [0.4, 0.5) is 0 Å². The Hall–Kier alpha value is -1.43. The maximum atomic E-state index is 12.5. The van der Waals surface area contributed by atoms with Crippen molar-refractivity contribution in [3.63, 3.8) is 0 Å². The van der Waals surface area contributed by atoms with Crippen molar-refractivity contribution in [1.29, 1.82) is 0 Å². The van der Waals surface area contributed by atoms with Gasteiger partial charge in [0.15, 0.2) is 0 Å². The van der Waals surface area contributed by atoms with E-state index in [0.29, 0.717) is 12.8 Å². The normalized spacial score (nSPS) is 13.4. The van der Waals surface area contributed by atoms with Crippen LogP contribution < -0.4 is 5.32 Å². The van der Waals surface area contributed by atoms with E-state index in [1.165, 1.54) is 270 Å². The van der Waals surface area contributed by atoms with E-state index in [1.54, 1.807) is 0 Å². The van der Waals surface area contributed by atoms with Crippen LogP contribution in [0, 0.1) is 0 Å². The van der Waals surface area contributed by atoms with Crippen LogP contribution in [0.25, 0.3) is 0 Å². The molecule has 0 saturated heterocycles. The van der Waals surface area contributed by atoms with Gasteiger partial charge < -0.3 is 20.6 Å². The first-order chi connectivity index (χ1) is 34.1. The number of rotatable bonds is 58. The van der Waals surface area contributed by atoms with Crippen molar-refractivity contribution in [2.75, 3.05) is 6.61 Å². The number of carbonyl (C=O) groups is 1. The largest absolute Gasteiger partial charge is 0.394 e. The predicted octanol–water partition coefficient (Wildman–Crippen LogP) is 19.8. The van der Waals surface area contributed by atoms with E-state index in [2.05, 4.69) is 55.6 Å². The van der Waals surface area contributed by atoms with Crippen LogP contribution in [0.3, 0.4) is 0 Å². The lowest BCUT2D eigenvalue weighted by Crippen LogP contribution is -2.50. The molecule has 5 heteroatoms. The molecule has 0 aromatic carbocycles. The van der Waals surface area contributed by atoms with Gasteiger partial charge in [-0.25, -0.2) is 0 Å². The van der Waals surface area contributed by atoms with Crippen LogP contribution in [0.1, 0.15) is 341 Å². The maximum Gasteiger partial charge on any atom is 0.220 e. The number of aliphatic hydroxyl groups excluding tert-OH is 3. The monoisotopic (exact) mass is 970 g/mol. The van der Waals surface area contributed by atoms with Crippen LogP contribution in [-0.2, 0) is 4.79 Å². The minimum atomic E-state index is -1.17.